The summed E-state index contributed by atoms with van der Waals surface area (Å²) in [6, 6.07) is 2.51. The zero-order chi connectivity index (χ0) is 11.3. The number of hydrogen-bond donors (Lipinski definition) is 1. The molecular formula is C10H12Cl2FNS. The van der Waals surface area contributed by atoms with Crippen molar-refractivity contribution >= 4 is 40.7 Å². The van der Waals surface area contributed by atoms with Crippen LogP contribution in [0.5, 0.6) is 0 Å². The van der Waals surface area contributed by atoms with Gasteiger partial charge in [-0.05, 0) is 17.9 Å². The third-order valence-electron chi connectivity index (χ3n) is 1.76. The molecule has 0 saturated carbocycles. The normalized spacial score (nSPS) is 10.4. The molecule has 15 heavy (non-hydrogen) atoms. The number of thioether (sulfide) groups is 1. The van der Waals surface area contributed by atoms with Crippen LogP contribution >= 0.6 is 35.0 Å². The lowest BCUT2D eigenvalue weighted by atomic mass is 10.3. The monoisotopic (exact) mass is 267 g/mol. The minimum absolute atomic E-state index is 0.321. The third kappa shape index (κ3) is 4.09. The van der Waals surface area contributed by atoms with E-state index in [1.807, 2.05) is 11.8 Å². The molecule has 0 bridgehead atoms. The van der Waals surface area contributed by atoms with E-state index in [9.17, 15) is 4.39 Å². The van der Waals surface area contributed by atoms with Gasteiger partial charge in [0, 0.05) is 12.3 Å². The molecule has 1 N–H and O–H groups in total. The van der Waals surface area contributed by atoms with Crippen molar-refractivity contribution < 1.29 is 4.39 Å². The van der Waals surface area contributed by atoms with E-state index in [4.69, 9.17) is 23.2 Å². The number of hydrogen-bond acceptors (Lipinski definition) is 2. The second-order valence-corrected chi connectivity index (χ2v) is 5.08. The summed E-state index contributed by atoms with van der Waals surface area (Å²) in [5.74, 6) is 1.63. The Balaban J connectivity index is 2.60. The summed E-state index contributed by atoms with van der Waals surface area (Å²) in [7, 11) is 0. The van der Waals surface area contributed by atoms with Crippen LogP contribution < -0.4 is 5.32 Å². The van der Waals surface area contributed by atoms with Crippen molar-refractivity contribution in [3.63, 3.8) is 0 Å². The summed E-state index contributed by atoms with van der Waals surface area (Å²) in [6.07, 6.45) is 0. The fourth-order valence-corrected chi connectivity index (χ4v) is 2.23. The first-order chi connectivity index (χ1) is 7.15. The molecule has 5 heteroatoms. The van der Waals surface area contributed by atoms with Gasteiger partial charge >= 0.3 is 0 Å². The van der Waals surface area contributed by atoms with Crippen LogP contribution in [-0.2, 0) is 0 Å². The highest BCUT2D eigenvalue weighted by Gasteiger charge is 2.07. The smallest absolute Gasteiger partial charge is 0.126 e. The lowest BCUT2D eigenvalue weighted by Gasteiger charge is -2.09. The topological polar surface area (TPSA) is 12.0 Å². The minimum Gasteiger partial charge on any atom is -0.382 e. The molecule has 0 spiro atoms. The van der Waals surface area contributed by atoms with Crippen molar-refractivity contribution in [2.75, 3.05) is 23.4 Å². The van der Waals surface area contributed by atoms with Crippen LogP contribution in [0.4, 0.5) is 10.1 Å². The Bertz CT molecular complexity index is 310. The van der Waals surface area contributed by atoms with Crippen LogP contribution in [0.2, 0.25) is 10.0 Å². The van der Waals surface area contributed by atoms with Crippen LogP contribution in [0.1, 0.15) is 6.92 Å². The van der Waals surface area contributed by atoms with Gasteiger partial charge in [-0.15, -0.1) is 0 Å². The van der Waals surface area contributed by atoms with Gasteiger partial charge in [0.1, 0.15) is 5.82 Å². The molecular weight excluding hydrogens is 256 g/mol. The number of anilines is 1. The summed E-state index contributed by atoms with van der Waals surface area (Å²) >= 11 is 13.5. The van der Waals surface area contributed by atoms with E-state index in [-0.39, 0.29) is 0 Å². The Morgan fingerprint density at radius 2 is 1.93 bits per heavy atom. The Hall–Kier alpha value is -0.120. The summed E-state index contributed by atoms with van der Waals surface area (Å²) in [5, 5.41) is 3.73. The van der Waals surface area contributed by atoms with Crippen molar-refractivity contribution in [1.29, 1.82) is 0 Å². The summed E-state index contributed by atoms with van der Waals surface area (Å²) in [4.78, 5) is 0. The molecule has 0 unspecified atom stereocenters. The lowest BCUT2D eigenvalue weighted by Crippen LogP contribution is -2.05. The second kappa shape index (κ2) is 6.46. The van der Waals surface area contributed by atoms with Gasteiger partial charge in [-0.3, -0.25) is 0 Å². The highest BCUT2D eigenvalue weighted by Crippen LogP contribution is 2.31. The molecule has 0 heterocycles. The van der Waals surface area contributed by atoms with Crippen molar-refractivity contribution in [1.82, 2.24) is 0 Å². The van der Waals surface area contributed by atoms with Crippen LogP contribution in [-0.4, -0.2) is 18.1 Å². The highest BCUT2D eigenvalue weighted by molar-refractivity contribution is 7.99. The molecule has 84 valence electrons. The maximum absolute atomic E-state index is 12.9. The highest BCUT2D eigenvalue weighted by atomic mass is 35.5. The van der Waals surface area contributed by atoms with Crippen molar-refractivity contribution in [2.24, 2.45) is 0 Å². The van der Waals surface area contributed by atoms with E-state index in [2.05, 4.69) is 12.2 Å². The van der Waals surface area contributed by atoms with Crippen molar-refractivity contribution in [2.45, 2.75) is 6.92 Å². The van der Waals surface area contributed by atoms with Gasteiger partial charge < -0.3 is 5.32 Å². The molecule has 0 aliphatic rings. The number of halogens is 3. The summed E-state index contributed by atoms with van der Waals surface area (Å²) in [5.41, 5.74) is 0.608. The second-order valence-electron chi connectivity index (χ2n) is 2.87. The molecule has 0 aromatic heterocycles. The van der Waals surface area contributed by atoms with Gasteiger partial charge in [0.25, 0.3) is 0 Å². The number of rotatable bonds is 5. The van der Waals surface area contributed by atoms with Gasteiger partial charge in [-0.25, -0.2) is 4.39 Å². The number of benzene rings is 1. The predicted octanol–water partition coefficient (Wildman–Crippen LogP) is 4.30. The predicted molar refractivity (Wildman–Crippen MR) is 67.9 cm³/mol. The first kappa shape index (κ1) is 12.9. The van der Waals surface area contributed by atoms with Gasteiger partial charge in [-0.1, -0.05) is 30.1 Å². The van der Waals surface area contributed by atoms with E-state index in [1.54, 1.807) is 0 Å². The summed E-state index contributed by atoms with van der Waals surface area (Å²) in [6.45, 7) is 2.87. The first-order valence-corrected chi connectivity index (χ1v) is 6.52. The Labute approximate surface area is 103 Å². The molecule has 0 aliphatic carbocycles. The average Bonchev–Trinajstić information content (AvgIpc) is 2.15. The first-order valence-electron chi connectivity index (χ1n) is 4.61. The maximum Gasteiger partial charge on any atom is 0.126 e. The van der Waals surface area contributed by atoms with Crippen LogP contribution in [0, 0.1) is 5.82 Å². The van der Waals surface area contributed by atoms with E-state index in [0.29, 0.717) is 15.7 Å². The van der Waals surface area contributed by atoms with Gasteiger partial charge in [0.05, 0.1) is 15.7 Å². The fraction of sp³-hybridized carbons (Fsp3) is 0.400. The molecule has 0 radical (unpaired) electrons. The van der Waals surface area contributed by atoms with Crippen LogP contribution in [0.3, 0.4) is 0 Å². The number of nitrogens with one attached hydrogen (secondary N) is 1. The molecule has 1 nitrogen and oxygen atoms in total. The van der Waals surface area contributed by atoms with Gasteiger partial charge in [-0.2, -0.15) is 11.8 Å². The quantitative estimate of drug-likeness (QED) is 0.799. The third-order valence-corrected chi connectivity index (χ3v) is 3.26. The van der Waals surface area contributed by atoms with E-state index < -0.39 is 5.82 Å². The molecule has 0 aliphatic heterocycles. The standard InChI is InChI=1S/C10H12Cl2FNS/c1-2-15-4-3-14-10-8(11)5-7(13)6-9(10)12/h5-6,14H,2-4H2,1H3. The Kier molecular flexibility index (Phi) is 5.58. The minimum atomic E-state index is -0.418. The SMILES string of the molecule is CCSCCNc1c(Cl)cc(F)cc1Cl. The van der Waals surface area contributed by atoms with E-state index >= 15 is 0 Å². The van der Waals surface area contributed by atoms with Gasteiger partial charge in [0.2, 0.25) is 0 Å². The largest absolute Gasteiger partial charge is 0.382 e. The maximum atomic E-state index is 12.9. The molecule has 1 aromatic rings. The fourth-order valence-electron chi connectivity index (χ4n) is 1.10. The molecule has 0 fully saturated rings. The van der Waals surface area contributed by atoms with Gasteiger partial charge in [0.15, 0.2) is 0 Å². The van der Waals surface area contributed by atoms with Crippen LogP contribution in [0.15, 0.2) is 12.1 Å². The van der Waals surface area contributed by atoms with E-state index in [0.717, 1.165) is 18.1 Å². The average molecular weight is 268 g/mol. The lowest BCUT2D eigenvalue weighted by molar-refractivity contribution is 0.628. The Morgan fingerprint density at radius 1 is 1.33 bits per heavy atom. The zero-order valence-corrected chi connectivity index (χ0v) is 10.6. The summed E-state index contributed by atoms with van der Waals surface area (Å²) < 4.78 is 12.9. The molecule has 0 atom stereocenters. The molecule has 0 saturated heterocycles. The Morgan fingerprint density at radius 3 is 2.47 bits per heavy atom. The molecule has 1 rings (SSSR count). The molecule has 1 aromatic carbocycles. The van der Waals surface area contributed by atoms with Crippen molar-refractivity contribution in [3.8, 4) is 0 Å². The van der Waals surface area contributed by atoms with Crippen molar-refractivity contribution in [3.05, 3.63) is 28.0 Å². The van der Waals surface area contributed by atoms with E-state index in [1.165, 1.54) is 12.1 Å². The zero-order valence-electron chi connectivity index (χ0n) is 8.32. The molecule has 0 amide bonds. The van der Waals surface area contributed by atoms with Crippen LogP contribution in [0.25, 0.3) is 0 Å².